The summed E-state index contributed by atoms with van der Waals surface area (Å²) in [6.07, 6.45) is 5.62. The number of hydrogen-bond acceptors (Lipinski definition) is 4. The average molecular weight is 354 g/mol. The Morgan fingerprint density at radius 1 is 1.09 bits per heavy atom. The molecule has 0 spiro atoms. The van der Waals surface area contributed by atoms with Crippen LogP contribution in [-0.4, -0.2) is 73.7 Å². The zero-order chi connectivity index (χ0) is 13.8. The molecule has 130 valence electrons. The van der Waals surface area contributed by atoms with Gasteiger partial charge in [0, 0.05) is 32.2 Å². The number of hydrogen-bond donors (Lipinski definition) is 1. The summed E-state index contributed by atoms with van der Waals surface area (Å²) < 4.78 is 5.62. The van der Waals surface area contributed by atoms with E-state index in [1.165, 1.54) is 25.9 Å². The zero-order valence-corrected chi connectivity index (χ0v) is 14.8. The van der Waals surface area contributed by atoms with Gasteiger partial charge >= 0.3 is 0 Å². The predicted molar refractivity (Wildman–Crippen MR) is 92.1 cm³/mol. The van der Waals surface area contributed by atoms with Crippen molar-refractivity contribution in [1.29, 1.82) is 0 Å². The fraction of sp³-hybridized carbons (Fsp3) is 0.933. The van der Waals surface area contributed by atoms with Crippen molar-refractivity contribution in [2.75, 3.05) is 45.9 Å². The van der Waals surface area contributed by atoms with Crippen LogP contribution in [0.4, 0.5) is 0 Å². The van der Waals surface area contributed by atoms with Crippen LogP contribution in [0.25, 0.3) is 0 Å². The molecule has 0 radical (unpaired) electrons. The second-order valence-corrected chi connectivity index (χ2v) is 6.26. The molecule has 0 aromatic carbocycles. The maximum atomic E-state index is 12.3. The number of halogens is 2. The number of rotatable bonds is 3. The van der Waals surface area contributed by atoms with Gasteiger partial charge < -0.3 is 19.9 Å². The highest BCUT2D eigenvalue weighted by Gasteiger charge is 2.29. The van der Waals surface area contributed by atoms with E-state index in [9.17, 15) is 4.79 Å². The molecule has 0 aromatic heterocycles. The van der Waals surface area contributed by atoms with E-state index >= 15 is 0 Å². The Kier molecular flexibility index (Phi) is 9.02. The van der Waals surface area contributed by atoms with Crippen LogP contribution in [-0.2, 0) is 9.53 Å². The van der Waals surface area contributed by atoms with Crippen LogP contribution < -0.4 is 5.32 Å². The largest absolute Gasteiger partial charge is 0.375 e. The topological polar surface area (TPSA) is 44.8 Å². The monoisotopic (exact) mass is 353 g/mol. The summed E-state index contributed by atoms with van der Waals surface area (Å²) in [5.41, 5.74) is 0. The minimum atomic E-state index is 0. The van der Waals surface area contributed by atoms with E-state index < -0.39 is 0 Å². The molecule has 22 heavy (non-hydrogen) atoms. The summed E-state index contributed by atoms with van der Waals surface area (Å²) in [6, 6.07) is 0.717. The predicted octanol–water partition coefficient (Wildman–Crippen LogP) is 1.30. The normalized spacial score (nSPS) is 27.1. The first kappa shape index (κ1) is 20.0. The van der Waals surface area contributed by atoms with Crippen LogP contribution >= 0.6 is 24.8 Å². The van der Waals surface area contributed by atoms with Gasteiger partial charge in [-0.15, -0.1) is 24.8 Å². The number of likely N-dealkylation sites (tertiary alicyclic amines) is 2. The molecule has 7 heteroatoms. The third kappa shape index (κ3) is 5.24. The molecule has 3 fully saturated rings. The second-order valence-electron chi connectivity index (χ2n) is 6.26. The highest BCUT2D eigenvalue weighted by atomic mass is 35.5. The molecule has 1 unspecified atom stereocenters. The summed E-state index contributed by atoms with van der Waals surface area (Å²) in [5, 5.41) is 3.28. The van der Waals surface area contributed by atoms with E-state index in [1.807, 2.05) is 4.90 Å². The van der Waals surface area contributed by atoms with Crippen LogP contribution in [0.15, 0.2) is 0 Å². The van der Waals surface area contributed by atoms with E-state index in [-0.39, 0.29) is 36.8 Å². The van der Waals surface area contributed by atoms with Crippen molar-refractivity contribution in [3.05, 3.63) is 0 Å². The van der Waals surface area contributed by atoms with Gasteiger partial charge in [-0.2, -0.15) is 0 Å². The molecular weight excluding hydrogens is 325 g/mol. The molecule has 1 atom stereocenters. The number of amides is 1. The summed E-state index contributed by atoms with van der Waals surface area (Å²) in [5.74, 6) is 0.276. The lowest BCUT2D eigenvalue weighted by Crippen LogP contribution is -2.48. The van der Waals surface area contributed by atoms with Crippen molar-refractivity contribution in [2.24, 2.45) is 0 Å². The van der Waals surface area contributed by atoms with E-state index in [0.29, 0.717) is 12.5 Å². The number of piperidine rings is 1. The Labute approximate surface area is 145 Å². The van der Waals surface area contributed by atoms with Gasteiger partial charge in [-0.05, 0) is 38.8 Å². The first-order valence-corrected chi connectivity index (χ1v) is 8.17. The van der Waals surface area contributed by atoms with Crippen molar-refractivity contribution in [3.8, 4) is 0 Å². The fourth-order valence-corrected chi connectivity index (χ4v) is 3.66. The number of ether oxygens (including phenoxy) is 1. The van der Waals surface area contributed by atoms with Gasteiger partial charge in [-0.3, -0.25) is 4.79 Å². The van der Waals surface area contributed by atoms with Crippen molar-refractivity contribution in [2.45, 2.75) is 44.2 Å². The van der Waals surface area contributed by atoms with Gasteiger partial charge in [0.15, 0.2) is 0 Å². The molecule has 1 amide bonds. The molecule has 1 N–H and O–H groups in total. The molecule has 0 aliphatic carbocycles. The quantitative estimate of drug-likeness (QED) is 0.830. The molecule has 0 bridgehead atoms. The van der Waals surface area contributed by atoms with Crippen LogP contribution in [0.1, 0.15) is 32.1 Å². The Balaban J connectivity index is 0.00000121. The Morgan fingerprint density at radius 3 is 2.36 bits per heavy atom. The average Bonchev–Trinajstić information content (AvgIpc) is 3.03. The lowest BCUT2D eigenvalue weighted by atomic mass is 10.0. The maximum absolute atomic E-state index is 12.3. The van der Waals surface area contributed by atoms with E-state index in [2.05, 4.69) is 10.2 Å². The minimum Gasteiger partial charge on any atom is -0.375 e. The fourth-order valence-electron chi connectivity index (χ4n) is 3.66. The summed E-state index contributed by atoms with van der Waals surface area (Å²) in [6.45, 7) is 6.84. The van der Waals surface area contributed by atoms with Gasteiger partial charge in [-0.1, -0.05) is 0 Å². The first-order chi connectivity index (χ1) is 9.83. The third-order valence-corrected chi connectivity index (χ3v) is 4.88. The summed E-state index contributed by atoms with van der Waals surface area (Å²) in [7, 11) is 0. The smallest absolute Gasteiger partial charge is 0.225 e. The molecule has 3 aliphatic rings. The standard InChI is InChI=1S/C15H27N3O2.2ClH/c19-15(11-14-12-16-5-10-20-14)18-8-3-13(4-9-18)17-6-1-2-7-17;;/h13-14,16H,1-12H2;2*1H. The van der Waals surface area contributed by atoms with E-state index in [4.69, 9.17) is 4.74 Å². The van der Waals surface area contributed by atoms with E-state index in [0.717, 1.165) is 45.6 Å². The lowest BCUT2D eigenvalue weighted by molar-refractivity contribution is -0.136. The number of carbonyl (C=O) groups excluding carboxylic acids is 1. The van der Waals surface area contributed by atoms with Gasteiger partial charge in [0.1, 0.15) is 0 Å². The lowest BCUT2D eigenvalue weighted by Gasteiger charge is -2.37. The molecule has 3 heterocycles. The van der Waals surface area contributed by atoms with Crippen molar-refractivity contribution >= 4 is 30.7 Å². The SMILES string of the molecule is Cl.Cl.O=C(CC1CNCCO1)N1CCC(N2CCCC2)CC1. The van der Waals surface area contributed by atoms with Gasteiger partial charge in [0.25, 0.3) is 0 Å². The highest BCUT2D eigenvalue weighted by Crippen LogP contribution is 2.21. The molecule has 3 aliphatic heterocycles. The van der Waals surface area contributed by atoms with Gasteiger partial charge in [0.2, 0.25) is 5.91 Å². The molecule has 3 rings (SSSR count). The number of carbonyl (C=O) groups is 1. The van der Waals surface area contributed by atoms with Gasteiger partial charge in [0.05, 0.1) is 19.1 Å². The van der Waals surface area contributed by atoms with Crippen LogP contribution in [0, 0.1) is 0 Å². The zero-order valence-electron chi connectivity index (χ0n) is 13.2. The number of morpholine rings is 1. The molecule has 3 saturated heterocycles. The Hall–Kier alpha value is -0.0700. The summed E-state index contributed by atoms with van der Waals surface area (Å²) >= 11 is 0. The molecule has 0 aromatic rings. The van der Waals surface area contributed by atoms with Gasteiger partial charge in [-0.25, -0.2) is 0 Å². The van der Waals surface area contributed by atoms with Crippen molar-refractivity contribution in [1.82, 2.24) is 15.1 Å². The third-order valence-electron chi connectivity index (χ3n) is 4.88. The van der Waals surface area contributed by atoms with E-state index in [1.54, 1.807) is 0 Å². The minimum absolute atomic E-state index is 0. The van der Waals surface area contributed by atoms with Crippen molar-refractivity contribution < 1.29 is 9.53 Å². The Bertz CT molecular complexity index is 327. The molecule has 5 nitrogen and oxygen atoms in total. The number of nitrogens with one attached hydrogen (secondary N) is 1. The highest BCUT2D eigenvalue weighted by molar-refractivity contribution is 5.85. The van der Waals surface area contributed by atoms with Crippen LogP contribution in [0.3, 0.4) is 0 Å². The van der Waals surface area contributed by atoms with Crippen LogP contribution in [0.2, 0.25) is 0 Å². The Morgan fingerprint density at radius 2 is 1.77 bits per heavy atom. The second kappa shape index (κ2) is 9.93. The van der Waals surface area contributed by atoms with Crippen molar-refractivity contribution in [3.63, 3.8) is 0 Å². The summed E-state index contributed by atoms with van der Waals surface area (Å²) in [4.78, 5) is 17.0. The van der Waals surface area contributed by atoms with Crippen LogP contribution in [0.5, 0.6) is 0 Å². The number of nitrogens with zero attached hydrogens (tertiary/aromatic N) is 2. The molecular formula is C15H29Cl2N3O2. The molecule has 0 saturated carbocycles. The first-order valence-electron chi connectivity index (χ1n) is 8.17. The maximum Gasteiger partial charge on any atom is 0.225 e.